The van der Waals surface area contributed by atoms with Crippen molar-refractivity contribution >= 4 is 16.9 Å². The number of aromatic nitrogens is 4. The van der Waals surface area contributed by atoms with Gasteiger partial charge in [0.25, 0.3) is 5.56 Å². The topological polar surface area (TPSA) is 52.2 Å². The predicted octanol–water partition coefficient (Wildman–Crippen LogP) is 2.76. The molecule has 2 aliphatic carbocycles. The molecule has 6 heteroatoms. The van der Waals surface area contributed by atoms with E-state index < -0.39 is 0 Å². The van der Waals surface area contributed by atoms with Crippen LogP contribution in [0.25, 0.3) is 5.52 Å². The lowest BCUT2D eigenvalue weighted by Gasteiger charge is -2.06. The molecule has 5 rings (SSSR count). The smallest absolute Gasteiger partial charge is 0.276 e. The maximum absolute atomic E-state index is 12.7. The third kappa shape index (κ3) is 2.32. The molecule has 0 bridgehead atoms. The number of fused-ring (bicyclic) bond motifs is 2. The van der Waals surface area contributed by atoms with Gasteiger partial charge in [-0.25, -0.2) is 9.50 Å². The summed E-state index contributed by atoms with van der Waals surface area (Å²) in [7, 11) is 0. The van der Waals surface area contributed by atoms with Gasteiger partial charge in [0.15, 0.2) is 0 Å². The van der Waals surface area contributed by atoms with Crippen LogP contribution in [-0.4, -0.2) is 19.2 Å². The van der Waals surface area contributed by atoms with Crippen molar-refractivity contribution in [1.29, 1.82) is 0 Å². The van der Waals surface area contributed by atoms with Crippen LogP contribution in [-0.2, 0) is 19.4 Å². The number of aryl methyl sites for hydroxylation is 2. The van der Waals surface area contributed by atoms with Crippen molar-refractivity contribution in [2.75, 3.05) is 0 Å². The summed E-state index contributed by atoms with van der Waals surface area (Å²) >= 11 is 1.77. The van der Waals surface area contributed by atoms with Gasteiger partial charge in [0.2, 0.25) is 0 Å². The number of thiazole rings is 1. The molecule has 5 nitrogen and oxygen atoms in total. The van der Waals surface area contributed by atoms with Gasteiger partial charge in [0.05, 0.1) is 17.9 Å². The first kappa shape index (κ1) is 13.5. The lowest BCUT2D eigenvalue weighted by Crippen LogP contribution is -2.21. The molecular formula is C17H18N4OS. The Morgan fingerprint density at radius 1 is 1.22 bits per heavy atom. The fourth-order valence-corrected chi connectivity index (χ4v) is 4.52. The monoisotopic (exact) mass is 326 g/mol. The first-order valence-corrected chi connectivity index (χ1v) is 9.16. The van der Waals surface area contributed by atoms with Gasteiger partial charge in [-0.1, -0.05) is 0 Å². The van der Waals surface area contributed by atoms with Crippen LogP contribution in [0.1, 0.15) is 52.9 Å². The van der Waals surface area contributed by atoms with E-state index in [1.54, 1.807) is 20.4 Å². The van der Waals surface area contributed by atoms with Crippen molar-refractivity contribution in [3.8, 4) is 0 Å². The van der Waals surface area contributed by atoms with Gasteiger partial charge in [0, 0.05) is 23.2 Å². The van der Waals surface area contributed by atoms with Gasteiger partial charge in [-0.05, 0) is 44.6 Å². The normalized spacial score (nSPS) is 17.6. The standard InChI is InChI=1S/C17H18N4OS/c22-17-14-9-13(11-5-6-11)19-21(14)8-7-20(17)10-16-18-12-3-1-2-4-15(12)23-16/h7-9,11H,1-6,10H2. The van der Waals surface area contributed by atoms with E-state index in [-0.39, 0.29) is 5.56 Å². The summed E-state index contributed by atoms with van der Waals surface area (Å²) in [5.41, 5.74) is 3.02. The Morgan fingerprint density at radius 2 is 2.09 bits per heavy atom. The van der Waals surface area contributed by atoms with Crippen LogP contribution in [0.5, 0.6) is 0 Å². The fraction of sp³-hybridized carbons (Fsp3) is 0.471. The summed E-state index contributed by atoms with van der Waals surface area (Å²) in [5.74, 6) is 0.563. The molecule has 3 aromatic heterocycles. The van der Waals surface area contributed by atoms with Crippen LogP contribution >= 0.6 is 11.3 Å². The lowest BCUT2D eigenvalue weighted by molar-refractivity contribution is 0.676. The van der Waals surface area contributed by atoms with Gasteiger partial charge in [-0.15, -0.1) is 11.3 Å². The maximum atomic E-state index is 12.7. The Morgan fingerprint density at radius 3 is 2.91 bits per heavy atom. The third-order valence-corrected chi connectivity index (χ3v) is 5.96. The van der Waals surface area contributed by atoms with E-state index in [0.29, 0.717) is 18.0 Å². The molecule has 2 aliphatic rings. The SMILES string of the molecule is O=c1c2cc(C3CC3)nn2ccn1Cc1nc2c(s1)CCCC2. The van der Waals surface area contributed by atoms with Crippen molar-refractivity contribution in [1.82, 2.24) is 19.2 Å². The van der Waals surface area contributed by atoms with Crippen LogP contribution in [0.15, 0.2) is 23.3 Å². The number of hydrogen-bond acceptors (Lipinski definition) is 4. The molecule has 23 heavy (non-hydrogen) atoms. The fourth-order valence-electron chi connectivity index (χ4n) is 3.37. The van der Waals surface area contributed by atoms with Crippen molar-refractivity contribution < 1.29 is 0 Å². The van der Waals surface area contributed by atoms with E-state index in [9.17, 15) is 4.79 Å². The van der Waals surface area contributed by atoms with Gasteiger partial charge < -0.3 is 4.57 Å². The maximum Gasteiger partial charge on any atom is 0.276 e. The molecule has 0 saturated heterocycles. The Labute approximate surface area is 137 Å². The largest absolute Gasteiger partial charge is 0.305 e. The summed E-state index contributed by atoms with van der Waals surface area (Å²) in [6.07, 6.45) is 10.9. The minimum Gasteiger partial charge on any atom is -0.305 e. The highest BCUT2D eigenvalue weighted by Gasteiger charge is 2.27. The zero-order chi connectivity index (χ0) is 15.4. The van der Waals surface area contributed by atoms with Crippen molar-refractivity contribution in [2.24, 2.45) is 0 Å². The van der Waals surface area contributed by atoms with Crippen LogP contribution < -0.4 is 5.56 Å². The van der Waals surface area contributed by atoms with Gasteiger partial charge in [-0.2, -0.15) is 5.10 Å². The molecule has 0 radical (unpaired) electrons. The van der Waals surface area contributed by atoms with Crippen LogP contribution in [0, 0.1) is 0 Å². The van der Waals surface area contributed by atoms with Gasteiger partial charge in [-0.3, -0.25) is 4.79 Å². The lowest BCUT2D eigenvalue weighted by atomic mass is 10.0. The quantitative estimate of drug-likeness (QED) is 0.744. The van der Waals surface area contributed by atoms with Crippen molar-refractivity contribution in [3.63, 3.8) is 0 Å². The highest BCUT2D eigenvalue weighted by atomic mass is 32.1. The molecule has 1 saturated carbocycles. The molecule has 0 aromatic carbocycles. The molecule has 0 atom stereocenters. The highest BCUT2D eigenvalue weighted by molar-refractivity contribution is 7.11. The van der Waals surface area contributed by atoms with Gasteiger partial charge in [0.1, 0.15) is 10.5 Å². The summed E-state index contributed by atoms with van der Waals surface area (Å²) in [5, 5.41) is 5.57. The summed E-state index contributed by atoms with van der Waals surface area (Å²) in [4.78, 5) is 18.9. The molecular weight excluding hydrogens is 308 g/mol. The highest BCUT2D eigenvalue weighted by Crippen LogP contribution is 2.39. The van der Waals surface area contributed by atoms with Crippen LogP contribution in [0.4, 0.5) is 0 Å². The average Bonchev–Trinajstić information content (AvgIpc) is 3.18. The molecule has 1 fully saturated rings. The molecule has 0 spiro atoms. The second-order valence-electron chi connectivity index (χ2n) is 6.59. The minimum atomic E-state index is 0.0278. The molecule has 118 valence electrons. The molecule has 0 unspecified atom stereocenters. The molecule has 3 heterocycles. The van der Waals surface area contributed by atoms with E-state index in [2.05, 4.69) is 5.10 Å². The Hall–Kier alpha value is -1.95. The third-order valence-electron chi connectivity index (χ3n) is 4.81. The number of nitrogens with zero attached hydrogens (tertiary/aromatic N) is 4. The van der Waals surface area contributed by atoms with Crippen LogP contribution in [0.3, 0.4) is 0 Å². The zero-order valence-electron chi connectivity index (χ0n) is 12.9. The second-order valence-corrected chi connectivity index (χ2v) is 7.76. The summed E-state index contributed by atoms with van der Waals surface area (Å²) < 4.78 is 3.48. The van der Waals surface area contributed by atoms with Crippen molar-refractivity contribution in [3.05, 3.63) is 50.1 Å². The van der Waals surface area contributed by atoms with E-state index in [1.807, 2.05) is 18.5 Å². The molecule has 3 aromatic rings. The summed E-state index contributed by atoms with van der Waals surface area (Å²) in [6, 6.07) is 1.96. The minimum absolute atomic E-state index is 0.0278. The Kier molecular flexibility index (Phi) is 2.95. The molecule has 0 amide bonds. The van der Waals surface area contributed by atoms with Gasteiger partial charge >= 0.3 is 0 Å². The van der Waals surface area contributed by atoms with E-state index in [4.69, 9.17) is 4.98 Å². The average molecular weight is 326 g/mol. The molecule has 0 aliphatic heterocycles. The number of rotatable bonds is 3. The summed E-state index contributed by atoms with van der Waals surface area (Å²) in [6.45, 7) is 0.566. The first-order valence-electron chi connectivity index (χ1n) is 8.34. The Balaban J connectivity index is 1.51. The first-order chi connectivity index (χ1) is 11.3. The van der Waals surface area contributed by atoms with Crippen molar-refractivity contribution in [2.45, 2.75) is 51.0 Å². The molecule has 0 N–H and O–H groups in total. The van der Waals surface area contributed by atoms with E-state index in [0.717, 1.165) is 23.5 Å². The predicted molar refractivity (Wildman–Crippen MR) is 89.3 cm³/mol. The second kappa shape index (κ2) is 5.03. The van der Waals surface area contributed by atoms with E-state index >= 15 is 0 Å². The van der Waals surface area contributed by atoms with Crippen LogP contribution in [0.2, 0.25) is 0 Å². The Bertz CT molecular complexity index is 924. The zero-order valence-corrected chi connectivity index (χ0v) is 13.7. The van der Waals surface area contributed by atoms with E-state index in [1.165, 1.54) is 36.3 Å². The number of hydrogen-bond donors (Lipinski definition) is 0.